The molecule has 1 aliphatic rings. The van der Waals surface area contributed by atoms with Crippen LogP contribution in [0.5, 0.6) is 0 Å². The number of hydrogen-bond donors (Lipinski definition) is 1. The second-order valence-corrected chi connectivity index (χ2v) is 5.58. The highest BCUT2D eigenvalue weighted by atomic mass is 16.6. The molecule has 1 aliphatic carbocycles. The summed E-state index contributed by atoms with van der Waals surface area (Å²) < 4.78 is 1.64. The predicted molar refractivity (Wildman–Crippen MR) is 64.7 cm³/mol. The van der Waals surface area contributed by atoms with E-state index in [1.165, 1.54) is 0 Å². The van der Waals surface area contributed by atoms with Gasteiger partial charge >= 0.3 is 5.69 Å². The van der Waals surface area contributed by atoms with Crippen molar-refractivity contribution in [3.8, 4) is 0 Å². The Labute approximate surface area is 99.9 Å². The molecule has 1 saturated carbocycles. The highest BCUT2D eigenvalue weighted by Gasteiger charge is 2.35. The fourth-order valence-electron chi connectivity index (χ4n) is 2.67. The summed E-state index contributed by atoms with van der Waals surface area (Å²) in [5.41, 5.74) is 6.46. The summed E-state index contributed by atoms with van der Waals surface area (Å²) in [5, 5.41) is 15.1. The van der Waals surface area contributed by atoms with Crippen LogP contribution in [0.15, 0.2) is 0 Å². The molecule has 0 bridgehead atoms. The van der Waals surface area contributed by atoms with Gasteiger partial charge in [-0.1, -0.05) is 13.8 Å². The van der Waals surface area contributed by atoms with E-state index < -0.39 is 4.92 Å². The SMILES string of the molecule is Cc1nn(C2CCC(C)(C)C2)c(N)c1[N+](=O)[O-]. The molecule has 0 aromatic carbocycles. The molecule has 17 heavy (non-hydrogen) atoms. The van der Waals surface area contributed by atoms with Gasteiger partial charge in [0, 0.05) is 0 Å². The molecule has 2 rings (SSSR count). The number of nitrogens with zero attached hydrogens (tertiary/aromatic N) is 3. The third-order valence-corrected chi connectivity index (χ3v) is 3.56. The van der Waals surface area contributed by atoms with E-state index in [1.807, 2.05) is 0 Å². The number of nitrogen functional groups attached to an aromatic ring is 1. The Morgan fingerprint density at radius 2 is 2.24 bits per heavy atom. The molecular weight excluding hydrogens is 220 g/mol. The average molecular weight is 238 g/mol. The van der Waals surface area contributed by atoms with Gasteiger partial charge in [-0.3, -0.25) is 10.1 Å². The molecule has 0 aliphatic heterocycles. The van der Waals surface area contributed by atoms with E-state index in [0.717, 1.165) is 19.3 Å². The second kappa shape index (κ2) is 3.72. The van der Waals surface area contributed by atoms with Crippen LogP contribution in [0.3, 0.4) is 0 Å². The van der Waals surface area contributed by atoms with Crippen LogP contribution in [0.25, 0.3) is 0 Å². The Bertz CT molecular complexity index is 464. The molecule has 1 fully saturated rings. The normalized spacial score (nSPS) is 22.9. The number of nitrogens with two attached hydrogens (primary N) is 1. The van der Waals surface area contributed by atoms with E-state index in [4.69, 9.17) is 5.73 Å². The van der Waals surface area contributed by atoms with Crippen molar-refractivity contribution >= 4 is 11.5 Å². The number of anilines is 1. The van der Waals surface area contributed by atoms with Crippen molar-refractivity contribution < 1.29 is 4.92 Å². The highest BCUT2D eigenvalue weighted by Crippen LogP contribution is 2.45. The van der Waals surface area contributed by atoms with E-state index in [1.54, 1.807) is 11.6 Å². The van der Waals surface area contributed by atoms with Gasteiger partial charge in [-0.2, -0.15) is 5.10 Å². The molecule has 6 nitrogen and oxygen atoms in total. The van der Waals surface area contributed by atoms with Crippen LogP contribution in [0.2, 0.25) is 0 Å². The monoisotopic (exact) mass is 238 g/mol. The van der Waals surface area contributed by atoms with E-state index in [9.17, 15) is 10.1 Å². The van der Waals surface area contributed by atoms with Gasteiger partial charge in [0.25, 0.3) is 0 Å². The first-order valence-electron chi connectivity index (χ1n) is 5.81. The number of nitro groups is 1. The van der Waals surface area contributed by atoms with Crippen LogP contribution in [0, 0.1) is 22.5 Å². The zero-order chi connectivity index (χ0) is 12.8. The fourth-order valence-corrected chi connectivity index (χ4v) is 2.67. The molecule has 6 heteroatoms. The number of aryl methyl sites for hydroxylation is 1. The standard InChI is InChI=1S/C11H18N4O2/c1-7-9(15(16)17)10(12)14(13-7)8-4-5-11(2,3)6-8/h8H,4-6,12H2,1-3H3. The Balaban J connectivity index is 2.35. The Morgan fingerprint density at radius 3 is 2.65 bits per heavy atom. The molecule has 0 radical (unpaired) electrons. The van der Waals surface area contributed by atoms with E-state index in [2.05, 4.69) is 18.9 Å². The molecule has 0 saturated heterocycles. The molecule has 1 atom stereocenters. The van der Waals surface area contributed by atoms with Gasteiger partial charge in [0.1, 0.15) is 5.69 Å². The lowest BCUT2D eigenvalue weighted by atomic mass is 9.92. The van der Waals surface area contributed by atoms with Crippen LogP contribution in [-0.4, -0.2) is 14.7 Å². The maximum absolute atomic E-state index is 10.9. The summed E-state index contributed by atoms with van der Waals surface area (Å²) in [4.78, 5) is 10.4. The molecule has 1 aromatic rings. The first-order chi connectivity index (χ1) is 7.82. The molecular formula is C11H18N4O2. The topological polar surface area (TPSA) is 87.0 Å². The molecule has 1 unspecified atom stereocenters. The summed E-state index contributed by atoms with van der Waals surface area (Å²) >= 11 is 0. The second-order valence-electron chi connectivity index (χ2n) is 5.58. The quantitative estimate of drug-likeness (QED) is 0.633. The molecule has 0 amide bonds. The van der Waals surface area contributed by atoms with Gasteiger partial charge < -0.3 is 5.73 Å². The molecule has 0 spiro atoms. The molecule has 1 heterocycles. The van der Waals surface area contributed by atoms with Gasteiger partial charge in [0.2, 0.25) is 5.82 Å². The third-order valence-electron chi connectivity index (χ3n) is 3.56. The average Bonchev–Trinajstić information content (AvgIpc) is 2.67. The summed E-state index contributed by atoms with van der Waals surface area (Å²) in [7, 11) is 0. The van der Waals surface area contributed by atoms with E-state index in [-0.39, 0.29) is 23.0 Å². The van der Waals surface area contributed by atoms with Gasteiger partial charge in [-0.25, -0.2) is 4.68 Å². The van der Waals surface area contributed by atoms with Crippen LogP contribution in [-0.2, 0) is 0 Å². The van der Waals surface area contributed by atoms with Gasteiger partial charge in [-0.15, -0.1) is 0 Å². The number of rotatable bonds is 2. The maximum Gasteiger partial charge on any atom is 0.333 e. The Hall–Kier alpha value is -1.59. The fraction of sp³-hybridized carbons (Fsp3) is 0.727. The smallest absolute Gasteiger partial charge is 0.333 e. The van der Waals surface area contributed by atoms with Crippen LogP contribution in [0.4, 0.5) is 11.5 Å². The van der Waals surface area contributed by atoms with E-state index >= 15 is 0 Å². The number of aromatic nitrogens is 2. The molecule has 94 valence electrons. The van der Waals surface area contributed by atoms with Crippen molar-refractivity contribution in [2.24, 2.45) is 5.41 Å². The van der Waals surface area contributed by atoms with Crippen molar-refractivity contribution in [3.05, 3.63) is 15.8 Å². The lowest BCUT2D eigenvalue weighted by molar-refractivity contribution is -0.384. The Morgan fingerprint density at radius 1 is 1.59 bits per heavy atom. The number of hydrogen-bond acceptors (Lipinski definition) is 4. The first-order valence-corrected chi connectivity index (χ1v) is 5.81. The van der Waals surface area contributed by atoms with E-state index in [0.29, 0.717) is 5.69 Å². The van der Waals surface area contributed by atoms with Crippen molar-refractivity contribution in [1.82, 2.24) is 9.78 Å². The maximum atomic E-state index is 10.9. The van der Waals surface area contributed by atoms with Gasteiger partial charge in [0.15, 0.2) is 0 Å². The van der Waals surface area contributed by atoms with Crippen molar-refractivity contribution in [2.75, 3.05) is 5.73 Å². The molecule has 2 N–H and O–H groups in total. The van der Waals surface area contributed by atoms with Gasteiger partial charge in [-0.05, 0) is 31.6 Å². The zero-order valence-corrected chi connectivity index (χ0v) is 10.4. The summed E-state index contributed by atoms with van der Waals surface area (Å²) in [6, 6.07) is 0.192. The van der Waals surface area contributed by atoms with Crippen molar-refractivity contribution in [1.29, 1.82) is 0 Å². The van der Waals surface area contributed by atoms with Crippen LogP contribution >= 0.6 is 0 Å². The van der Waals surface area contributed by atoms with Crippen LogP contribution in [0.1, 0.15) is 44.8 Å². The largest absolute Gasteiger partial charge is 0.378 e. The van der Waals surface area contributed by atoms with Crippen molar-refractivity contribution in [3.63, 3.8) is 0 Å². The third kappa shape index (κ3) is 1.99. The van der Waals surface area contributed by atoms with Crippen LogP contribution < -0.4 is 5.73 Å². The first kappa shape index (κ1) is 11.9. The predicted octanol–water partition coefficient (Wildman–Crippen LogP) is 2.43. The molecule has 1 aromatic heterocycles. The minimum atomic E-state index is -0.450. The lowest BCUT2D eigenvalue weighted by Gasteiger charge is -2.17. The van der Waals surface area contributed by atoms with Crippen molar-refractivity contribution in [2.45, 2.75) is 46.1 Å². The summed E-state index contributed by atoms with van der Waals surface area (Å²) in [6.45, 7) is 6.03. The Kier molecular flexibility index (Phi) is 2.60. The summed E-state index contributed by atoms with van der Waals surface area (Å²) in [6.07, 6.45) is 3.05. The van der Waals surface area contributed by atoms with Gasteiger partial charge in [0.05, 0.1) is 11.0 Å². The minimum absolute atomic E-state index is 0.0466. The zero-order valence-electron chi connectivity index (χ0n) is 10.4. The lowest BCUT2D eigenvalue weighted by Crippen LogP contribution is -2.13. The minimum Gasteiger partial charge on any atom is -0.378 e. The highest BCUT2D eigenvalue weighted by molar-refractivity contribution is 5.56. The summed E-state index contributed by atoms with van der Waals surface area (Å²) in [5.74, 6) is 0.190.